The van der Waals surface area contributed by atoms with Gasteiger partial charge in [0.15, 0.2) is 5.96 Å². The van der Waals surface area contributed by atoms with Crippen LogP contribution in [0, 0.1) is 5.82 Å². The molecule has 0 unspecified atom stereocenters. The minimum absolute atomic E-state index is 0.201. The molecule has 0 spiro atoms. The van der Waals surface area contributed by atoms with Crippen LogP contribution in [0.1, 0.15) is 17.5 Å². The van der Waals surface area contributed by atoms with E-state index in [1.807, 2.05) is 12.1 Å². The second-order valence-corrected chi connectivity index (χ2v) is 6.02. The van der Waals surface area contributed by atoms with Gasteiger partial charge in [0.25, 0.3) is 0 Å². The van der Waals surface area contributed by atoms with Crippen LogP contribution in [0.2, 0.25) is 0 Å². The van der Waals surface area contributed by atoms with Gasteiger partial charge in [0.2, 0.25) is 0 Å². The van der Waals surface area contributed by atoms with Crippen LogP contribution in [-0.4, -0.2) is 38.0 Å². The molecule has 0 aliphatic rings. The monoisotopic (exact) mass is 342 g/mol. The molecular weight excluding hydrogens is 315 g/mol. The molecule has 5 heteroatoms. The Morgan fingerprint density at radius 2 is 1.76 bits per heavy atom. The van der Waals surface area contributed by atoms with Gasteiger partial charge >= 0.3 is 0 Å². The van der Waals surface area contributed by atoms with Gasteiger partial charge in [0.05, 0.1) is 0 Å². The third kappa shape index (κ3) is 6.93. The average Bonchev–Trinajstić information content (AvgIpc) is 2.63. The van der Waals surface area contributed by atoms with Crippen LogP contribution in [0.25, 0.3) is 0 Å². The second-order valence-electron chi connectivity index (χ2n) is 6.02. The Balaban J connectivity index is 1.65. The van der Waals surface area contributed by atoms with Crippen LogP contribution in [0.4, 0.5) is 4.39 Å². The molecule has 2 aromatic rings. The fraction of sp³-hybridized carbons (Fsp3) is 0.350. The molecule has 0 fully saturated rings. The van der Waals surface area contributed by atoms with Gasteiger partial charge in [-0.2, -0.15) is 0 Å². The third-order valence-corrected chi connectivity index (χ3v) is 3.93. The number of nitrogens with zero attached hydrogens (tertiary/aromatic N) is 2. The van der Waals surface area contributed by atoms with Gasteiger partial charge in [-0.1, -0.05) is 48.5 Å². The van der Waals surface area contributed by atoms with Crippen molar-refractivity contribution >= 4 is 5.96 Å². The fourth-order valence-electron chi connectivity index (χ4n) is 2.57. The number of guanidine groups is 1. The highest BCUT2D eigenvalue weighted by Gasteiger charge is 2.03. The molecule has 0 aromatic heterocycles. The molecule has 0 bridgehead atoms. The average molecular weight is 342 g/mol. The minimum Gasteiger partial charge on any atom is -0.356 e. The number of hydrogen-bond acceptors (Lipinski definition) is 2. The van der Waals surface area contributed by atoms with E-state index in [-0.39, 0.29) is 5.82 Å². The van der Waals surface area contributed by atoms with E-state index < -0.39 is 0 Å². The van der Waals surface area contributed by atoms with Gasteiger partial charge in [0, 0.05) is 32.2 Å². The molecule has 134 valence electrons. The Hall–Kier alpha value is -2.40. The van der Waals surface area contributed by atoms with Crippen molar-refractivity contribution in [2.45, 2.75) is 19.5 Å². The number of benzene rings is 2. The highest BCUT2D eigenvalue weighted by atomic mass is 19.1. The predicted molar refractivity (Wildman–Crippen MR) is 102 cm³/mol. The van der Waals surface area contributed by atoms with E-state index in [0.717, 1.165) is 26.1 Å². The molecular formula is C20H27FN4. The lowest BCUT2D eigenvalue weighted by Crippen LogP contribution is -2.38. The second kappa shape index (κ2) is 10.5. The quantitative estimate of drug-likeness (QED) is 0.440. The first-order valence-electron chi connectivity index (χ1n) is 8.59. The maximum Gasteiger partial charge on any atom is 0.191 e. The highest BCUT2D eigenvalue weighted by molar-refractivity contribution is 5.79. The smallest absolute Gasteiger partial charge is 0.191 e. The highest BCUT2D eigenvalue weighted by Crippen LogP contribution is 2.05. The Bertz CT molecular complexity index is 658. The van der Waals surface area contributed by atoms with Crippen LogP contribution in [-0.2, 0) is 13.1 Å². The molecule has 0 saturated heterocycles. The molecule has 0 amide bonds. The van der Waals surface area contributed by atoms with Gasteiger partial charge in [-0.25, -0.2) is 4.39 Å². The molecule has 0 saturated carbocycles. The Morgan fingerprint density at radius 1 is 1.04 bits per heavy atom. The number of halogens is 1. The summed E-state index contributed by atoms with van der Waals surface area (Å²) in [7, 11) is 3.84. The van der Waals surface area contributed by atoms with E-state index in [9.17, 15) is 4.39 Å². The minimum atomic E-state index is -0.201. The summed E-state index contributed by atoms with van der Waals surface area (Å²) in [6.45, 7) is 3.17. The standard InChI is InChI=1S/C20H27FN4/c1-22-20(24-15-18-11-6-7-12-19(18)21)23-13-8-14-25(2)16-17-9-4-3-5-10-17/h3-7,9-12H,8,13-16H2,1-2H3,(H2,22,23,24). The number of rotatable bonds is 8. The van der Waals surface area contributed by atoms with Crippen molar-refractivity contribution in [2.75, 3.05) is 27.2 Å². The van der Waals surface area contributed by atoms with Crippen LogP contribution in [0.15, 0.2) is 59.6 Å². The van der Waals surface area contributed by atoms with Gasteiger partial charge in [-0.05, 0) is 31.6 Å². The molecule has 25 heavy (non-hydrogen) atoms. The lowest BCUT2D eigenvalue weighted by molar-refractivity contribution is 0.322. The maximum absolute atomic E-state index is 13.6. The van der Waals surface area contributed by atoms with Crippen LogP contribution in [0.3, 0.4) is 0 Å². The van der Waals surface area contributed by atoms with Crippen LogP contribution >= 0.6 is 0 Å². The van der Waals surface area contributed by atoms with E-state index in [0.29, 0.717) is 18.1 Å². The summed E-state index contributed by atoms with van der Waals surface area (Å²) >= 11 is 0. The summed E-state index contributed by atoms with van der Waals surface area (Å²) in [6.07, 6.45) is 1.00. The van der Waals surface area contributed by atoms with E-state index in [4.69, 9.17) is 0 Å². The normalized spacial score (nSPS) is 11.6. The summed E-state index contributed by atoms with van der Waals surface area (Å²) < 4.78 is 13.6. The Labute approximate surface area is 149 Å². The first kappa shape index (κ1) is 18.9. The molecule has 0 heterocycles. The zero-order valence-corrected chi connectivity index (χ0v) is 15.0. The molecule has 0 atom stereocenters. The van der Waals surface area contributed by atoms with Crippen molar-refractivity contribution in [3.05, 3.63) is 71.5 Å². The number of hydrogen-bond donors (Lipinski definition) is 2. The molecule has 2 N–H and O–H groups in total. The maximum atomic E-state index is 13.6. The molecule has 0 aliphatic heterocycles. The van der Waals surface area contributed by atoms with Crippen LogP contribution in [0.5, 0.6) is 0 Å². The van der Waals surface area contributed by atoms with Crippen molar-refractivity contribution in [1.82, 2.24) is 15.5 Å². The number of nitrogens with one attached hydrogen (secondary N) is 2. The Morgan fingerprint density at radius 3 is 2.48 bits per heavy atom. The largest absolute Gasteiger partial charge is 0.356 e. The molecule has 0 aliphatic carbocycles. The van der Waals surface area contributed by atoms with E-state index >= 15 is 0 Å². The lowest BCUT2D eigenvalue weighted by atomic mass is 10.2. The first-order valence-corrected chi connectivity index (χ1v) is 8.59. The Kier molecular flexibility index (Phi) is 7.92. The van der Waals surface area contributed by atoms with Crippen molar-refractivity contribution in [3.63, 3.8) is 0 Å². The van der Waals surface area contributed by atoms with Gasteiger partial charge < -0.3 is 15.5 Å². The van der Waals surface area contributed by atoms with Crippen molar-refractivity contribution in [1.29, 1.82) is 0 Å². The summed E-state index contributed by atoms with van der Waals surface area (Å²) in [5.41, 5.74) is 1.95. The molecule has 2 aromatic carbocycles. The van der Waals surface area contributed by atoms with Crippen molar-refractivity contribution in [3.8, 4) is 0 Å². The molecule has 0 radical (unpaired) electrons. The van der Waals surface area contributed by atoms with E-state index in [1.165, 1.54) is 11.6 Å². The predicted octanol–water partition coefficient (Wildman–Crippen LogP) is 3.01. The van der Waals surface area contributed by atoms with Gasteiger partial charge in [-0.3, -0.25) is 4.99 Å². The number of aliphatic imine (C=N–C) groups is 1. The topological polar surface area (TPSA) is 39.7 Å². The van der Waals surface area contributed by atoms with Gasteiger partial charge in [-0.15, -0.1) is 0 Å². The zero-order chi connectivity index (χ0) is 17.9. The van der Waals surface area contributed by atoms with E-state index in [2.05, 4.69) is 51.8 Å². The van der Waals surface area contributed by atoms with E-state index in [1.54, 1.807) is 19.2 Å². The SMILES string of the molecule is CN=C(NCCCN(C)Cc1ccccc1)NCc1ccccc1F. The zero-order valence-electron chi connectivity index (χ0n) is 15.0. The van der Waals surface area contributed by atoms with Crippen molar-refractivity contribution < 1.29 is 4.39 Å². The lowest BCUT2D eigenvalue weighted by Gasteiger charge is -2.17. The molecule has 2 rings (SSSR count). The third-order valence-electron chi connectivity index (χ3n) is 3.93. The summed E-state index contributed by atoms with van der Waals surface area (Å²) in [4.78, 5) is 6.47. The summed E-state index contributed by atoms with van der Waals surface area (Å²) in [6, 6.07) is 17.2. The summed E-state index contributed by atoms with van der Waals surface area (Å²) in [5, 5.41) is 6.41. The summed E-state index contributed by atoms with van der Waals surface area (Å²) in [5.74, 6) is 0.488. The fourth-order valence-corrected chi connectivity index (χ4v) is 2.57. The van der Waals surface area contributed by atoms with Crippen molar-refractivity contribution in [2.24, 2.45) is 4.99 Å². The first-order chi connectivity index (χ1) is 12.2. The molecule has 4 nitrogen and oxygen atoms in total. The van der Waals surface area contributed by atoms with Crippen LogP contribution < -0.4 is 10.6 Å². The van der Waals surface area contributed by atoms with Gasteiger partial charge in [0.1, 0.15) is 5.82 Å².